The van der Waals surface area contributed by atoms with Gasteiger partial charge in [0.15, 0.2) is 5.82 Å². The van der Waals surface area contributed by atoms with Gasteiger partial charge in [0.1, 0.15) is 16.8 Å². The van der Waals surface area contributed by atoms with E-state index in [2.05, 4.69) is 43.5 Å². The molecule has 1 atom stereocenters. The Morgan fingerprint density at radius 1 is 1.19 bits per heavy atom. The van der Waals surface area contributed by atoms with E-state index in [0.29, 0.717) is 17.4 Å². The number of rotatable bonds is 8. The number of benzene rings is 1. The number of nitrogens with one attached hydrogen (secondary N) is 1. The smallest absolute Gasteiger partial charge is 0.222 e. The van der Waals surface area contributed by atoms with Gasteiger partial charge in [-0.3, -0.25) is 14.4 Å². The molecule has 2 aliphatic heterocycles. The number of amides is 1. The predicted molar refractivity (Wildman–Crippen MR) is 140 cm³/mol. The van der Waals surface area contributed by atoms with Crippen LogP contribution in [0.1, 0.15) is 37.3 Å². The van der Waals surface area contributed by atoms with E-state index in [9.17, 15) is 4.79 Å². The second-order valence-corrected chi connectivity index (χ2v) is 11.8. The molecule has 37 heavy (non-hydrogen) atoms. The fraction of sp³-hybridized carbons (Fsp3) is 0.556. The maximum absolute atomic E-state index is 11.5. The highest BCUT2D eigenvalue weighted by atomic mass is 16.5. The van der Waals surface area contributed by atoms with Crippen molar-refractivity contribution in [2.45, 2.75) is 39.3 Å². The summed E-state index contributed by atoms with van der Waals surface area (Å²) >= 11 is 0. The molecule has 2 aliphatic carbocycles. The third-order valence-electron chi connectivity index (χ3n) is 8.97. The van der Waals surface area contributed by atoms with E-state index in [1.807, 2.05) is 9.58 Å². The Hall–Kier alpha value is -3.40. The Morgan fingerprint density at radius 3 is 2.70 bits per heavy atom. The molecular formula is C27H34N8O2. The molecule has 4 aliphatic rings. The standard InChI is InChI=1S/C27H34N8O2/c1-17(36)34-15-26(16-34)13-33(14-26)11-18-3-4-19(22(7-18)37-2)12-35-23-21(10-30-35)31-25(28)32-24(23)29-9-20-8-27(20)5-6-27/h3-4,7,10,20H,5-6,8-9,11-16H2,1-2H3,(H3,28,29,31,32). The zero-order valence-electron chi connectivity index (χ0n) is 21.5. The molecule has 1 aromatic carbocycles. The van der Waals surface area contributed by atoms with Crippen molar-refractivity contribution in [1.82, 2.24) is 29.5 Å². The lowest BCUT2D eigenvalue weighted by molar-refractivity contribution is -0.157. The molecule has 0 radical (unpaired) electrons. The highest BCUT2D eigenvalue weighted by Crippen LogP contribution is 2.70. The molecule has 3 N–H and O–H groups in total. The van der Waals surface area contributed by atoms with Gasteiger partial charge in [0, 0.05) is 57.2 Å². The van der Waals surface area contributed by atoms with E-state index in [-0.39, 0.29) is 11.9 Å². The van der Waals surface area contributed by atoms with Crippen LogP contribution in [0.25, 0.3) is 11.0 Å². The quantitative estimate of drug-likeness (QED) is 0.483. The molecule has 3 aromatic rings. The zero-order valence-corrected chi connectivity index (χ0v) is 21.5. The topological polar surface area (TPSA) is 114 Å². The summed E-state index contributed by atoms with van der Waals surface area (Å²) in [4.78, 5) is 24.8. The molecular weight excluding hydrogens is 468 g/mol. The second-order valence-electron chi connectivity index (χ2n) is 11.8. The number of fused-ring (bicyclic) bond motifs is 1. The number of carbonyl (C=O) groups excluding carboxylic acids is 1. The van der Waals surface area contributed by atoms with Gasteiger partial charge >= 0.3 is 0 Å². The lowest BCUT2D eigenvalue weighted by atomic mass is 9.72. The van der Waals surface area contributed by atoms with E-state index in [4.69, 9.17) is 10.5 Å². The van der Waals surface area contributed by atoms with Gasteiger partial charge in [0.2, 0.25) is 11.9 Å². The second kappa shape index (κ2) is 8.05. The van der Waals surface area contributed by atoms with Crippen molar-refractivity contribution < 1.29 is 9.53 Å². The minimum atomic E-state index is 0.182. The van der Waals surface area contributed by atoms with Crippen LogP contribution in [0.3, 0.4) is 0 Å². The third kappa shape index (κ3) is 3.98. The summed E-state index contributed by atoms with van der Waals surface area (Å²) in [6.07, 6.45) is 5.81. The first-order valence-electron chi connectivity index (χ1n) is 13.2. The molecule has 2 aromatic heterocycles. The Labute approximate surface area is 216 Å². The first-order chi connectivity index (χ1) is 17.9. The van der Waals surface area contributed by atoms with E-state index >= 15 is 0 Å². The van der Waals surface area contributed by atoms with Crippen LogP contribution in [0.4, 0.5) is 11.8 Å². The lowest BCUT2D eigenvalue weighted by Crippen LogP contribution is -2.72. The molecule has 194 valence electrons. The number of nitrogen functional groups attached to an aromatic ring is 1. The highest BCUT2D eigenvalue weighted by molar-refractivity contribution is 5.86. The van der Waals surface area contributed by atoms with E-state index < -0.39 is 0 Å². The minimum absolute atomic E-state index is 0.182. The molecule has 7 rings (SSSR count). The third-order valence-corrected chi connectivity index (χ3v) is 8.97. The van der Waals surface area contributed by atoms with Crippen molar-refractivity contribution in [1.29, 1.82) is 0 Å². The molecule has 1 unspecified atom stereocenters. The summed E-state index contributed by atoms with van der Waals surface area (Å²) in [5.74, 6) is 2.78. The van der Waals surface area contributed by atoms with Gasteiger partial charge in [-0.15, -0.1) is 0 Å². The van der Waals surface area contributed by atoms with Gasteiger partial charge in [-0.2, -0.15) is 10.1 Å². The number of anilines is 2. The maximum Gasteiger partial charge on any atom is 0.222 e. The first-order valence-corrected chi connectivity index (χ1v) is 13.2. The van der Waals surface area contributed by atoms with Crippen molar-refractivity contribution in [3.63, 3.8) is 0 Å². The number of nitrogens with two attached hydrogens (primary N) is 1. The zero-order chi connectivity index (χ0) is 25.4. The molecule has 2 saturated heterocycles. The Balaban J connectivity index is 1.05. The minimum Gasteiger partial charge on any atom is -0.496 e. The number of likely N-dealkylation sites (tertiary alicyclic amines) is 2. The van der Waals surface area contributed by atoms with E-state index in [1.165, 1.54) is 24.8 Å². The summed E-state index contributed by atoms with van der Waals surface area (Å²) in [7, 11) is 1.72. The number of nitrogens with zero attached hydrogens (tertiary/aromatic N) is 6. The number of methoxy groups -OCH3 is 1. The van der Waals surface area contributed by atoms with Crippen molar-refractivity contribution in [2.75, 3.05) is 50.9 Å². The molecule has 2 spiro atoms. The average Bonchev–Trinajstić information content (AvgIpc) is 3.71. The fourth-order valence-corrected chi connectivity index (χ4v) is 6.61. The summed E-state index contributed by atoms with van der Waals surface area (Å²) in [5, 5.41) is 8.17. The van der Waals surface area contributed by atoms with Crippen molar-refractivity contribution in [2.24, 2.45) is 16.7 Å². The molecule has 0 bridgehead atoms. The molecule has 4 fully saturated rings. The monoisotopic (exact) mass is 502 g/mol. The van der Waals surface area contributed by atoms with Gasteiger partial charge in [-0.1, -0.05) is 12.1 Å². The Morgan fingerprint density at radius 2 is 2.00 bits per heavy atom. The largest absolute Gasteiger partial charge is 0.496 e. The number of hydrogen-bond acceptors (Lipinski definition) is 8. The molecule has 10 heteroatoms. The van der Waals surface area contributed by atoms with Gasteiger partial charge in [0.05, 0.1) is 19.9 Å². The number of carbonyl (C=O) groups is 1. The molecule has 10 nitrogen and oxygen atoms in total. The van der Waals surface area contributed by atoms with Gasteiger partial charge < -0.3 is 20.7 Å². The Kier molecular flexibility index (Phi) is 4.95. The summed E-state index contributed by atoms with van der Waals surface area (Å²) in [6, 6.07) is 6.43. The SMILES string of the molecule is COc1cc(CN2CC3(C2)CN(C(C)=O)C3)ccc1Cn1ncc2nc(N)nc(NCC3CC34CC4)c21. The van der Waals surface area contributed by atoms with Gasteiger partial charge in [-0.25, -0.2) is 4.98 Å². The maximum atomic E-state index is 11.5. The van der Waals surface area contributed by atoms with Crippen LogP contribution in [0.15, 0.2) is 24.4 Å². The average molecular weight is 503 g/mol. The number of aromatic nitrogens is 4. The fourth-order valence-electron chi connectivity index (χ4n) is 6.61. The van der Waals surface area contributed by atoms with Crippen LogP contribution in [0.5, 0.6) is 5.75 Å². The van der Waals surface area contributed by atoms with E-state index in [1.54, 1.807) is 20.2 Å². The summed E-state index contributed by atoms with van der Waals surface area (Å²) < 4.78 is 7.73. The molecule has 2 saturated carbocycles. The van der Waals surface area contributed by atoms with Crippen LogP contribution in [-0.2, 0) is 17.9 Å². The first kappa shape index (κ1) is 22.8. The number of hydrogen-bond donors (Lipinski definition) is 2. The van der Waals surface area contributed by atoms with Crippen LogP contribution < -0.4 is 15.8 Å². The van der Waals surface area contributed by atoms with Crippen LogP contribution in [0.2, 0.25) is 0 Å². The summed E-state index contributed by atoms with van der Waals surface area (Å²) in [5.41, 5.74) is 10.8. The highest BCUT2D eigenvalue weighted by Gasteiger charge is 2.62. The summed E-state index contributed by atoms with van der Waals surface area (Å²) in [6.45, 7) is 7.88. The number of ether oxygens (including phenoxy) is 1. The molecule has 1 amide bonds. The normalized spacial score (nSPS) is 22.6. The van der Waals surface area contributed by atoms with Gasteiger partial charge in [-0.05, 0) is 42.2 Å². The van der Waals surface area contributed by atoms with E-state index in [0.717, 1.165) is 73.4 Å². The van der Waals surface area contributed by atoms with Crippen LogP contribution in [0, 0.1) is 16.7 Å². The van der Waals surface area contributed by atoms with Crippen molar-refractivity contribution in [3.8, 4) is 5.75 Å². The van der Waals surface area contributed by atoms with Crippen LogP contribution in [-0.4, -0.2) is 75.3 Å². The predicted octanol–water partition coefficient (Wildman–Crippen LogP) is 2.34. The van der Waals surface area contributed by atoms with Crippen LogP contribution >= 0.6 is 0 Å². The van der Waals surface area contributed by atoms with Crippen molar-refractivity contribution in [3.05, 3.63) is 35.5 Å². The van der Waals surface area contributed by atoms with Crippen molar-refractivity contribution >= 4 is 28.7 Å². The Bertz CT molecular complexity index is 1380. The van der Waals surface area contributed by atoms with Gasteiger partial charge in [0.25, 0.3) is 0 Å². The lowest BCUT2D eigenvalue weighted by Gasteiger charge is -2.60. The molecule has 4 heterocycles.